The number of amides is 1. The van der Waals surface area contributed by atoms with Crippen LogP contribution >= 0.6 is 0 Å². The minimum atomic E-state index is -0.919. The Morgan fingerprint density at radius 1 is 1.50 bits per heavy atom. The van der Waals surface area contributed by atoms with Gasteiger partial charge in [-0.15, -0.1) is 0 Å². The lowest BCUT2D eigenvalue weighted by Gasteiger charge is -2.57. The van der Waals surface area contributed by atoms with E-state index in [0.29, 0.717) is 18.9 Å². The minimum Gasteiger partial charge on any atom is -0.394 e. The Hall–Kier alpha value is -0.650. The maximum Gasteiger partial charge on any atom is 0.241 e. The first-order chi connectivity index (χ1) is 9.18. The van der Waals surface area contributed by atoms with Crippen molar-refractivity contribution in [3.8, 4) is 0 Å². The van der Waals surface area contributed by atoms with Gasteiger partial charge in [0.25, 0.3) is 0 Å². The van der Waals surface area contributed by atoms with Crippen molar-refractivity contribution >= 4 is 5.91 Å². The van der Waals surface area contributed by atoms with Crippen LogP contribution in [0.4, 0.5) is 0 Å². The number of hydrogen-bond donors (Lipinski definition) is 3. The van der Waals surface area contributed by atoms with E-state index in [1.807, 2.05) is 20.8 Å². The summed E-state index contributed by atoms with van der Waals surface area (Å²) in [5.74, 6) is 0.227. The summed E-state index contributed by atoms with van der Waals surface area (Å²) in [5.41, 5.74) is 4.99. The summed E-state index contributed by atoms with van der Waals surface area (Å²) in [6.07, 6.45) is 1.29. The predicted molar refractivity (Wildman–Crippen MR) is 79.2 cm³/mol. The van der Waals surface area contributed by atoms with Gasteiger partial charge in [0.05, 0.1) is 18.8 Å². The molecule has 1 rings (SSSR count). The molecule has 0 aromatic rings. The number of aliphatic hydroxyl groups excluding tert-OH is 1. The van der Waals surface area contributed by atoms with Crippen LogP contribution in [-0.2, 0) is 9.53 Å². The summed E-state index contributed by atoms with van der Waals surface area (Å²) in [5, 5.41) is 12.3. The van der Waals surface area contributed by atoms with E-state index in [1.165, 1.54) is 0 Å². The molecule has 0 radical (unpaired) electrons. The van der Waals surface area contributed by atoms with Crippen LogP contribution in [0.25, 0.3) is 0 Å². The SMILES string of the molecule is CCOC1CC(N)(C(=O)NC(CO)CC(C)C)C1(C)C. The maximum atomic E-state index is 12.5. The third-order valence-electron chi connectivity index (χ3n) is 4.55. The lowest BCUT2D eigenvalue weighted by molar-refractivity contribution is -0.171. The molecule has 4 N–H and O–H groups in total. The third kappa shape index (κ3) is 3.15. The van der Waals surface area contributed by atoms with Crippen LogP contribution in [0, 0.1) is 11.3 Å². The van der Waals surface area contributed by atoms with E-state index in [0.717, 1.165) is 6.42 Å². The lowest BCUT2D eigenvalue weighted by atomic mass is 9.54. The molecule has 3 atom stereocenters. The molecular formula is C15H30N2O3. The molecule has 0 aromatic carbocycles. The van der Waals surface area contributed by atoms with Crippen LogP contribution < -0.4 is 11.1 Å². The zero-order valence-electron chi connectivity index (χ0n) is 13.4. The topological polar surface area (TPSA) is 84.6 Å². The zero-order chi connectivity index (χ0) is 15.6. The Bertz CT molecular complexity index is 344. The average Bonchev–Trinajstić information content (AvgIpc) is 2.36. The monoisotopic (exact) mass is 286 g/mol. The van der Waals surface area contributed by atoms with Crippen molar-refractivity contribution in [1.29, 1.82) is 0 Å². The van der Waals surface area contributed by atoms with E-state index in [4.69, 9.17) is 10.5 Å². The first-order valence-corrected chi connectivity index (χ1v) is 7.51. The normalized spacial score (nSPS) is 29.9. The molecule has 5 heteroatoms. The molecule has 1 aliphatic carbocycles. The van der Waals surface area contributed by atoms with Gasteiger partial charge in [-0.3, -0.25) is 4.79 Å². The van der Waals surface area contributed by atoms with Gasteiger partial charge in [-0.1, -0.05) is 27.7 Å². The number of ether oxygens (including phenoxy) is 1. The summed E-state index contributed by atoms with van der Waals surface area (Å²) in [6.45, 7) is 10.6. The number of aliphatic hydroxyl groups is 1. The standard InChI is InChI=1S/C15H30N2O3/c1-6-20-12-8-15(16,14(12,4)5)13(19)17-11(9-18)7-10(2)3/h10-12,18H,6-9,16H2,1-5H3,(H,17,19). The van der Waals surface area contributed by atoms with Crippen LogP contribution in [0.2, 0.25) is 0 Å². The number of nitrogens with one attached hydrogen (secondary N) is 1. The molecule has 0 saturated heterocycles. The van der Waals surface area contributed by atoms with Gasteiger partial charge in [0, 0.05) is 18.4 Å². The highest BCUT2D eigenvalue weighted by atomic mass is 16.5. The predicted octanol–water partition coefficient (Wildman–Crippen LogP) is 1.04. The molecule has 1 aliphatic rings. The fraction of sp³-hybridized carbons (Fsp3) is 0.933. The fourth-order valence-corrected chi connectivity index (χ4v) is 2.88. The maximum absolute atomic E-state index is 12.5. The second kappa shape index (κ2) is 6.41. The van der Waals surface area contributed by atoms with Crippen molar-refractivity contribution in [3.05, 3.63) is 0 Å². The van der Waals surface area contributed by atoms with Gasteiger partial charge in [0.1, 0.15) is 5.54 Å². The van der Waals surface area contributed by atoms with Gasteiger partial charge in [-0.2, -0.15) is 0 Å². The van der Waals surface area contributed by atoms with Gasteiger partial charge in [-0.05, 0) is 19.3 Å². The molecule has 0 aliphatic heterocycles. The van der Waals surface area contributed by atoms with Crippen molar-refractivity contribution in [3.63, 3.8) is 0 Å². The number of carbonyl (C=O) groups is 1. The molecule has 3 unspecified atom stereocenters. The number of carbonyl (C=O) groups excluding carboxylic acids is 1. The van der Waals surface area contributed by atoms with Crippen molar-refractivity contribution in [2.24, 2.45) is 17.1 Å². The molecule has 0 bridgehead atoms. The van der Waals surface area contributed by atoms with E-state index in [1.54, 1.807) is 0 Å². The van der Waals surface area contributed by atoms with Crippen molar-refractivity contribution in [2.75, 3.05) is 13.2 Å². The average molecular weight is 286 g/mol. The summed E-state index contributed by atoms with van der Waals surface area (Å²) in [6, 6.07) is -0.232. The first-order valence-electron chi connectivity index (χ1n) is 7.51. The van der Waals surface area contributed by atoms with Crippen LogP contribution in [0.15, 0.2) is 0 Å². The van der Waals surface area contributed by atoms with Gasteiger partial charge < -0.3 is 20.9 Å². The van der Waals surface area contributed by atoms with Crippen LogP contribution in [0.3, 0.4) is 0 Å². The Morgan fingerprint density at radius 2 is 2.10 bits per heavy atom. The van der Waals surface area contributed by atoms with E-state index in [-0.39, 0.29) is 24.7 Å². The van der Waals surface area contributed by atoms with Gasteiger partial charge in [0.2, 0.25) is 5.91 Å². The van der Waals surface area contributed by atoms with Crippen LogP contribution in [-0.4, -0.2) is 41.9 Å². The van der Waals surface area contributed by atoms with E-state index >= 15 is 0 Å². The molecular weight excluding hydrogens is 256 g/mol. The number of hydrogen-bond acceptors (Lipinski definition) is 4. The summed E-state index contributed by atoms with van der Waals surface area (Å²) < 4.78 is 5.63. The first kappa shape index (κ1) is 17.4. The van der Waals surface area contributed by atoms with Gasteiger partial charge >= 0.3 is 0 Å². The second-order valence-electron chi connectivity index (χ2n) is 6.82. The van der Waals surface area contributed by atoms with Crippen molar-refractivity contribution in [2.45, 2.75) is 65.1 Å². The van der Waals surface area contributed by atoms with Crippen molar-refractivity contribution < 1.29 is 14.6 Å². The molecule has 0 spiro atoms. The smallest absolute Gasteiger partial charge is 0.241 e. The highest BCUT2D eigenvalue weighted by Crippen LogP contribution is 2.49. The Balaban J connectivity index is 2.67. The summed E-state index contributed by atoms with van der Waals surface area (Å²) in [7, 11) is 0. The summed E-state index contributed by atoms with van der Waals surface area (Å²) >= 11 is 0. The van der Waals surface area contributed by atoms with Gasteiger partial charge in [0.15, 0.2) is 0 Å². The largest absolute Gasteiger partial charge is 0.394 e. The Kier molecular flexibility index (Phi) is 5.58. The molecule has 0 aromatic heterocycles. The zero-order valence-corrected chi connectivity index (χ0v) is 13.4. The Morgan fingerprint density at radius 3 is 2.50 bits per heavy atom. The molecule has 1 fully saturated rings. The molecule has 1 amide bonds. The fourth-order valence-electron chi connectivity index (χ4n) is 2.88. The van der Waals surface area contributed by atoms with E-state index < -0.39 is 11.0 Å². The molecule has 20 heavy (non-hydrogen) atoms. The van der Waals surface area contributed by atoms with Crippen LogP contribution in [0.1, 0.15) is 47.5 Å². The minimum absolute atomic E-state index is 0.0147. The number of rotatable bonds is 7. The third-order valence-corrected chi connectivity index (χ3v) is 4.55. The lowest BCUT2D eigenvalue weighted by Crippen LogP contribution is -2.76. The van der Waals surface area contributed by atoms with E-state index in [9.17, 15) is 9.90 Å². The second-order valence-corrected chi connectivity index (χ2v) is 6.82. The van der Waals surface area contributed by atoms with E-state index in [2.05, 4.69) is 19.2 Å². The highest BCUT2D eigenvalue weighted by Gasteiger charge is 2.62. The van der Waals surface area contributed by atoms with Crippen molar-refractivity contribution in [1.82, 2.24) is 5.32 Å². The highest BCUT2D eigenvalue weighted by molar-refractivity contribution is 5.89. The molecule has 1 saturated carbocycles. The van der Waals surface area contributed by atoms with Crippen LogP contribution in [0.5, 0.6) is 0 Å². The van der Waals surface area contributed by atoms with Gasteiger partial charge in [-0.25, -0.2) is 0 Å². The molecule has 118 valence electrons. The summed E-state index contributed by atoms with van der Waals surface area (Å²) in [4.78, 5) is 12.5. The molecule has 0 heterocycles. The molecule has 5 nitrogen and oxygen atoms in total. The number of nitrogens with two attached hydrogens (primary N) is 1. The Labute approximate surface area is 122 Å². The quantitative estimate of drug-likeness (QED) is 0.653.